The fourth-order valence-electron chi connectivity index (χ4n) is 2.41. The van der Waals surface area contributed by atoms with Crippen LogP contribution >= 0.6 is 11.8 Å². The van der Waals surface area contributed by atoms with Crippen LogP contribution in [-0.2, 0) is 0 Å². The van der Waals surface area contributed by atoms with Crippen molar-refractivity contribution in [2.45, 2.75) is 17.1 Å². The third kappa shape index (κ3) is 2.68. The molecule has 6 heteroatoms. The number of benzene rings is 2. The molecular formula is C17H13N5S. The van der Waals surface area contributed by atoms with Gasteiger partial charge in [0, 0.05) is 16.3 Å². The van der Waals surface area contributed by atoms with Crippen LogP contribution < -0.4 is 0 Å². The lowest BCUT2D eigenvalue weighted by Crippen LogP contribution is -1.94. The van der Waals surface area contributed by atoms with E-state index in [9.17, 15) is 0 Å². The van der Waals surface area contributed by atoms with Gasteiger partial charge >= 0.3 is 0 Å². The summed E-state index contributed by atoms with van der Waals surface area (Å²) in [4.78, 5) is 4.14. The van der Waals surface area contributed by atoms with Crippen LogP contribution in [0.4, 0.5) is 0 Å². The number of H-pyrrole nitrogens is 1. The minimum atomic E-state index is 0.701. The van der Waals surface area contributed by atoms with E-state index in [-0.39, 0.29) is 0 Å². The van der Waals surface area contributed by atoms with Gasteiger partial charge < -0.3 is 0 Å². The van der Waals surface area contributed by atoms with Gasteiger partial charge in [-0.05, 0) is 18.7 Å². The second kappa shape index (κ2) is 5.81. The van der Waals surface area contributed by atoms with Crippen molar-refractivity contribution in [1.82, 2.24) is 25.4 Å². The van der Waals surface area contributed by atoms with Crippen LogP contribution in [0.1, 0.15) is 5.56 Å². The van der Waals surface area contributed by atoms with E-state index in [0.717, 1.165) is 27.1 Å². The Balaban J connectivity index is 1.86. The molecule has 0 spiro atoms. The number of hydrogen-bond acceptors (Lipinski definition) is 5. The van der Waals surface area contributed by atoms with Crippen LogP contribution in [0.2, 0.25) is 0 Å². The van der Waals surface area contributed by atoms with Crippen molar-refractivity contribution in [2.75, 3.05) is 0 Å². The summed E-state index contributed by atoms with van der Waals surface area (Å²) in [5, 5.41) is 19.2. The van der Waals surface area contributed by atoms with Crippen LogP contribution in [0, 0.1) is 6.92 Å². The standard InChI is InChI=1S/C17H13N5S/c1-11-6-8-12(9-7-11)15-13-4-2-3-5-14(13)16(21-20-15)23-17-18-10-19-22-17/h2-10H,1H3,(H,18,19,22). The van der Waals surface area contributed by atoms with Gasteiger partial charge in [0.05, 0.1) is 0 Å². The van der Waals surface area contributed by atoms with E-state index >= 15 is 0 Å². The molecule has 0 saturated carbocycles. The van der Waals surface area contributed by atoms with E-state index in [1.807, 2.05) is 12.1 Å². The predicted octanol–water partition coefficient (Wildman–Crippen LogP) is 3.87. The van der Waals surface area contributed by atoms with E-state index in [1.54, 1.807) is 0 Å². The van der Waals surface area contributed by atoms with Gasteiger partial charge in [0.2, 0.25) is 0 Å². The molecule has 2 aromatic heterocycles. The maximum atomic E-state index is 4.45. The Morgan fingerprint density at radius 3 is 2.43 bits per heavy atom. The molecule has 4 rings (SSSR count). The lowest BCUT2D eigenvalue weighted by atomic mass is 10.0. The molecule has 2 aromatic carbocycles. The lowest BCUT2D eigenvalue weighted by molar-refractivity contribution is 0.938. The van der Waals surface area contributed by atoms with Crippen molar-refractivity contribution in [3.63, 3.8) is 0 Å². The number of aromatic nitrogens is 5. The van der Waals surface area contributed by atoms with Crippen molar-refractivity contribution < 1.29 is 0 Å². The molecule has 0 aliphatic heterocycles. The van der Waals surface area contributed by atoms with Crippen LogP contribution in [0.5, 0.6) is 0 Å². The summed E-state index contributed by atoms with van der Waals surface area (Å²) in [7, 11) is 0. The average molecular weight is 319 g/mol. The van der Waals surface area contributed by atoms with E-state index < -0.39 is 0 Å². The summed E-state index contributed by atoms with van der Waals surface area (Å²) >= 11 is 1.43. The number of aromatic amines is 1. The maximum Gasteiger partial charge on any atom is 0.189 e. The predicted molar refractivity (Wildman–Crippen MR) is 90.2 cm³/mol. The van der Waals surface area contributed by atoms with Gasteiger partial charge in [-0.2, -0.15) is 5.10 Å². The summed E-state index contributed by atoms with van der Waals surface area (Å²) < 4.78 is 0. The molecule has 2 heterocycles. The number of nitrogens with zero attached hydrogens (tertiary/aromatic N) is 4. The van der Waals surface area contributed by atoms with E-state index in [2.05, 4.69) is 68.7 Å². The van der Waals surface area contributed by atoms with Crippen LogP contribution in [-0.4, -0.2) is 25.4 Å². The Morgan fingerprint density at radius 1 is 0.913 bits per heavy atom. The molecule has 0 aliphatic carbocycles. The molecule has 1 N–H and O–H groups in total. The molecule has 0 aliphatic rings. The highest BCUT2D eigenvalue weighted by molar-refractivity contribution is 7.99. The lowest BCUT2D eigenvalue weighted by Gasteiger charge is -2.08. The number of nitrogens with one attached hydrogen (secondary N) is 1. The van der Waals surface area contributed by atoms with Gasteiger partial charge in [0.25, 0.3) is 0 Å². The molecule has 112 valence electrons. The van der Waals surface area contributed by atoms with Crippen molar-refractivity contribution in [3.05, 3.63) is 60.4 Å². The summed E-state index contributed by atoms with van der Waals surface area (Å²) in [5.74, 6) is 0. The molecular weight excluding hydrogens is 306 g/mol. The summed E-state index contributed by atoms with van der Waals surface area (Å²) in [5.41, 5.74) is 3.18. The second-order valence-electron chi connectivity index (χ2n) is 5.16. The highest BCUT2D eigenvalue weighted by Gasteiger charge is 2.12. The average Bonchev–Trinajstić information content (AvgIpc) is 3.09. The van der Waals surface area contributed by atoms with Crippen molar-refractivity contribution in [2.24, 2.45) is 0 Å². The third-order valence-corrected chi connectivity index (χ3v) is 4.45. The Morgan fingerprint density at radius 2 is 1.70 bits per heavy atom. The first-order chi connectivity index (χ1) is 11.3. The summed E-state index contributed by atoms with van der Waals surface area (Å²) in [6.07, 6.45) is 1.48. The minimum absolute atomic E-state index is 0.701. The molecule has 0 fully saturated rings. The molecule has 0 amide bonds. The normalized spacial score (nSPS) is 11.0. The van der Waals surface area contributed by atoms with E-state index in [4.69, 9.17) is 0 Å². The zero-order valence-electron chi connectivity index (χ0n) is 12.4. The topological polar surface area (TPSA) is 67.3 Å². The van der Waals surface area contributed by atoms with Crippen LogP contribution in [0.3, 0.4) is 0 Å². The Kier molecular flexibility index (Phi) is 3.51. The Labute approximate surface area is 137 Å². The quantitative estimate of drug-likeness (QED) is 0.621. The molecule has 5 nitrogen and oxygen atoms in total. The van der Waals surface area contributed by atoms with Gasteiger partial charge in [0.1, 0.15) is 17.0 Å². The number of aryl methyl sites for hydroxylation is 1. The second-order valence-corrected chi connectivity index (χ2v) is 6.14. The molecule has 0 radical (unpaired) electrons. The number of hydrogen-bond donors (Lipinski definition) is 1. The highest BCUT2D eigenvalue weighted by Crippen LogP contribution is 2.33. The maximum absolute atomic E-state index is 4.45. The smallest absolute Gasteiger partial charge is 0.189 e. The zero-order chi connectivity index (χ0) is 15.6. The van der Waals surface area contributed by atoms with Crippen molar-refractivity contribution in [3.8, 4) is 11.3 Å². The Bertz CT molecular complexity index is 949. The van der Waals surface area contributed by atoms with Crippen LogP contribution in [0.15, 0.2) is 65.0 Å². The molecule has 0 saturated heterocycles. The SMILES string of the molecule is Cc1ccc(-c2nnc(Sc3ncn[nH]3)c3ccccc23)cc1. The van der Waals surface area contributed by atoms with Gasteiger partial charge in [-0.15, -0.1) is 10.2 Å². The molecule has 0 bridgehead atoms. The van der Waals surface area contributed by atoms with Crippen molar-refractivity contribution >= 4 is 22.5 Å². The van der Waals surface area contributed by atoms with Crippen molar-refractivity contribution in [1.29, 1.82) is 0 Å². The molecule has 23 heavy (non-hydrogen) atoms. The molecule has 0 atom stereocenters. The largest absolute Gasteiger partial charge is 0.254 e. The zero-order valence-corrected chi connectivity index (χ0v) is 13.2. The first-order valence-electron chi connectivity index (χ1n) is 7.17. The van der Waals surface area contributed by atoms with Gasteiger partial charge in [-0.3, -0.25) is 5.10 Å². The van der Waals surface area contributed by atoms with Crippen LogP contribution in [0.25, 0.3) is 22.0 Å². The molecule has 4 aromatic rings. The fraction of sp³-hybridized carbons (Fsp3) is 0.0588. The van der Waals surface area contributed by atoms with Gasteiger partial charge in [-0.1, -0.05) is 54.1 Å². The first kappa shape index (κ1) is 13.9. The third-order valence-electron chi connectivity index (χ3n) is 3.56. The summed E-state index contributed by atoms with van der Waals surface area (Å²) in [6.45, 7) is 2.07. The van der Waals surface area contributed by atoms with E-state index in [1.165, 1.54) is 23.7 Å². The Hall–Kier alpha value is -2.73. The monoisotopic (exact) mass is 319 g/mol. The first-order valence-corrected chi connectivity index (χ1v) is 7.98. The summed E-state index contributed by atoms with van der Waals surface area (Å²) in [6, 6.07) is 16.5. The highest BCUT2D eigenvalue weighted by atomic mass is 32.2. The molecule has 0 unspecified atom stereocenters. The minimum Gasteiger partial charge on any atom is -0.254 e. The van der Waals surface area contributed by atoms with E-state index in [0.29, 0.717) is 5.16 Å². The number of fused-ring (bicyclic) bond motifs is 1. The van der Waals surface area contributed by atoms with Gasteiger partial charge in [-0.25, -0.2) is 4.98 Å². The van der Waals surface area contributed by atoms with Gasteiger partial charge in [0.15, 0.2) is 5.16 Å². The fourth-order valence-corrected chi connectivity index (χ4v) is 3.17. The number of rotatable bonds is 3.